The van der Waals surface area contributed by atoms with Gasteiger partial charge in [0.1, 0.15) is 0 Å². The summed E-state index contributed by atoms with van der Waals surface area (Å²) in [6.45, 7) is 4.16. The van der Waals surface area contributed by atoms with E-state index in [1.807, 2.05) is 19.1 Å². The van der Waals surface area contributed by atoms with Gasteiger partial charge in [0.05, 0.1) is 26.6 Å². The third-order valence-electron chi connectivity index (χ3n) is 3.31. The predicted molar refractivity (Wildman–Crippen MR) is 87.9 cm³/mol. The lowest BCUT2D eigenvalue weighted by Gasteiger charge is -2.10. The van der Waals surface area contributed by atoms with Crippen LogP contribution in [0.4, 0.5) is 17.1 Å². The zero-order chi connectivity index (χ0) is 14.1. The Kier molecular flexibility index (Phi) is 3.32. The highest BCUT2D eigenvalue weighted by molar-refractivity contribution is 7.18. The predicted octanol–water partition coefficient (Wildman–Crippen LogP) is 4.49. The molecule has 0 atom stereocenters. The summed E-state index contributed by atoms with van der Waals surface area (Å²) in [6.07, 6.45) is 1.05. The van der Waals surface area contributed by atoms with Crippen LogP contribution < -0.4 is 11.1 Å². The summed E-state index contributed by atoms with van der Waals surface area (Å²) in [6, 6.07) is 12.4. The van der Waals surface area contributed by atoms with Crippen molar-refractivity contribution in [2.75, 3.05) is 11.1 Å². The Morgan fingerprint density at radius 3 is 2.65 bits per heavy atom. The Hall–Kier alpha value is -2.07. The summed E-state index contributed by atoms with van der Waals surface area (Å²) in [5, 5.41) is 4.42. The number of thiazole rings is 1. The van der Waals surface area contributed by atoms with Crippen molar-refractivity contribution in [1.82, 2.24) is 4.98 Å². The average Bonchev–Trinajstić information content (AvgIpc) is 2.79. The number of aryl methyl sites for hydroxylation is 2. The van der Waals surface area contributed by atoms with E-state index in [-0.39, 0.29) is 0 Å². The van der Waals surface area contributed by atoms with Crippen molar-refractivity contribution in [3.8, 4) is 0 Å². The van der Waals surface area contributed by atoms with Gasteiger partial charge < -0.3 is 11.1 Å². The summed E-state index contributed by atoms with van der Waals surface area (Å²) in [5.74, 6) is 0. The van der Waals surface area contributed by atoms with E-state index in [0.29, 0.717) is 0 Å². The van der Waals surface area contributed by atoms with E-state index in [1.165, 1.54) is 5.56 Å². The van der Waals surface area contributed by atoms with Gasteiger partial charge in [0.25, 0.3) is 0 Å². The van der Waals surface area contributed by atoms with Gasteiger partial charge in [0, 0.05) is 5.69 Å². The van der Waals surface area contributed by atoms with Gasteiger partial charge in [-0.15, -0.1) is 11.3 Å². The normalized spacial score (nSPS) is 10.9. The van der Waals surface area contributed by atoms with Gasteiger partial charge in [0.2, 0.25) is 0 Å². The van der Waals surface area contributed by atoms with Crippen molar-refractivity contribution in [2.24, 2.45) is 0 Å². The lowest BCUT2D eigenvalue weighted by molar-refractivity contribution is 1.14. The molecule has 0 radical (unpaired) electrons. The smallest absolute Gasteiger partial charge is 0.0907 e. The van der Waals surface area contributed by atoms with E-state index in [9.17, 15) is 0 Å². The number of nitrogens with two attached hydrogens (primary N) is 1. The Bertz CT molecular complexity index is 744. The molecule has 0 unspecified atom stereocenters. The SMILES string of the molecule is CCc1ccc(Nc2cc3nc(C)sc3cc2N)cc1. The molecular formula is C16H17N3S. The molecule has 0 saturated carbocycles. The van der Waals surface area contributed by atoms with Crippen LogP contribution >= 0.6 is 11.3 Å². The molecule has 3 aromatic rings. The zero-order valence-corrected chi connectivity index (χ0v) is 12.4. The summed E-state index contributed by atoms with van der Waals surface area (Å²) in [7, 11) is 0. The van der Waals surface area contributed by atoms with Gasteiger partial charge in [-0.25, -0.2) is 4.98 Å². The maximum Gasteiger partial charge on any atom is 0.0907 e. The first-order valence-electron chi connectivity index (χ1n) is 6.68. The zero-order valence-electron chi connectivity index (χ0n) is 11.6. The monoisotopic (exact) mass is 283 g/mol. The number of nitrogens with one attached hydrogen (secondary N) is 1. The Labute approximate surface area is 122 Å². The second kappa shape index (κ2) is 5.13. The Morgan fingerprint density at radius 1 is 1.20 bits per heavy atom. The van der Waals surface area contributed by atoms with Crippen molar-refractivity contribution < 1.29 is 0 Å². The van der Waals surface area contributed by atoms with Crippen LogP contribution in [0.15, 0.2) is 36.4 Å². The molecule has 0 aliphatic carbocycles. The van der Waals surface area contributed by atoms with Crippen molar-refractivity contribution in [1.29, 1.82) is 0 Å². The first-order chi connectivity index (χ1) is 9.65. The van der Waals surface area contributed by atoms with Crippen molar-refractivity contribution >= 4 is 38.6 Å². The van der Waals surface area contributed by atoms with Crippen LogP contribution in [-0.2, 0) is 6.42 Å². The molecule has 0 bridgehead atoms. The van der Waals surface area contributed by atoms with Crippen LogP contribution in [0.3, 0.4) is 0 Å². The number of nitrogen functional groups attached to an aromatic ring is 1. The Morgan fingerprint density at radius 2 is 1.95 bits per heavy atom. The number of benzene rings is 2. The van der Waals surface area contributed by atoms with Crippen molar-refractivity contribution in [3.05, 3.63) is 47.0 Å². The number of hydrogen-bond donors (Lipinski definition) is 2. The van der Waals surface area contributed by atoms with Gasteiger partial charge in [-0.2, -0.15) is 0 Å². The van der Waals surface area contributed by atoms with Crippen LogP contribution in [-0.4, -0.2) is 4.98 Å². The van der Waals surface area contributed by atoms with Crippen LogP contribution in [0, 0.1) is 6.92 Å². The summed E-state index contributed by atoms with van der Waals surface area (Å²) >= 11 is 1.67. The molecular weight excluding hydrogens is 266 g/mol. The molecule has 1 heterocycles. The lowest BCUT2D eigenvalue weighted by Crippen LogP contribution is -1.96. The molecule has 3 rings (SSSR count). The van der Waals surface area contributed by atoms with Crippen LogP contribution in [0.1, 0.15) is 17.5 Å². The van der Waals surface area contributed by atoms with E-state index in [4.69, 9.17) is 5.73 Å². The molecule has 102 valence electrons. The number of anilines is 3. The fourth-order valence-electron chi connectivity index (χ4n) is 2.19. The van der Waals surface area contributed by atoms with E-state index < -0.39 is 0 Å². The molecule has 3 N–H and O–H groups in total. The van der Waals surface area contributed by atoms with Gasteiger partial charge in [0.15, 0.2) is 0 Å². The number of aromatic nitrogens is 1. The quantitative estimate of drug-likeness (QED) is 0.696. The standard InChI is InChI=1S/C16H17N3S/c1-3-11-4-6-12(7-5-11)19-14-9-15-16(8-13(14)17)20-10(2)18-15/h4-9,19H,3,17H2,1-2H3. The molecule has 4 heteroatoms. The maximum absolute atomic E-state index is 6.12. The third-order valence-corrected chi connectivity index (χ3v) is 4.24. The van der Waals surface area contributed by atoms with E-state index >= 15 is 0 Å². The molecule has 3 nitrogen and oxygen atoms in total. The number of fused-ring (bicyclic) bond motifs is 1. The first kappa shape index (κ1) is 12.9. The second-order valence-electron chi connectivity index (χ2n) is 4.82. The van der Waals surface area contributed by atoms with Crippen LogP contribution in [0.5, 0.6) is 0 Å². The molecule has 0 fully saturated rings. The summed E-state index contributed by atoms with van der Waals surface area (Å²) in [4.78, 5) is 4.51. The van der Waals surface area contributed by atoms with Gasteiger partial charge in [-0.1, -0.05) is 19.1 Å². The fraction of sp³-hybridized carbons (Fsp3) is 0.188. The summed E-state index contributed by atoms with van der Waals surface area (Å²) < 4.78 is 1.13. The Balaban J connectivity index is 1.94. The van der Waals surface area contributed by atoms with Gasteiger partial charge >= 0.3 is 0 Å². The van der Waals surface area contributed by atoms with Crippen molar-refractivity contribution in [2.45, 2.75) is 20.3 Å². The fourth-order valence-corrected chi connectivity index (χ4v) is 3.05. The second-order valence-corrected chi connectivity index (χ2v) is 6.05. The molecule has 0 amide bonds. The lowest BCUT2D eigenvalue weighted by atomic mass is 10.1. The highest BCUT2D eigenvalue weighted by atomic mass is 32.1. The minimum atomic E-state index is 0.751. The van der Waals surface area contributed by atoms with Crippen LogP contribution in [0.2, 0.25) is 0 Å². The molecule has 0 saturated heterocycles. The minimum Gasteiger partial charge on any atom is -0.397 e. The van der Waals surface area contributed by atoms with E-state index in [2.05, 4.69) is 41.5 Å². The molecule has 2 aromatic carbocycles. The van der Waals surface area contributed by atoms with Gasteiger partial charge in [-0.05, 0) is 43.2 Å². The van der Waals surface area contributed by atoms with E-state index in [0.717, 1.165) is 38.7 Å². The number of nitrogens with zero attached hydrogens (tertiary/aromatic N) is 1. The maximum atomic E-state index is 6.12. The molecule has 0 aliphatic rings. The number of hydrogen-bond acceptors (Lipinski definition) is 4. The van der Waals surface area contributed by atoms with E-state index in [1.54, 1.807) is 11.3 Å². The third kappa shape index (κ3) is 2.47. The average molecular weight is 283 g/mol. The molecule has 20 heavy (non-hydrogen) atoms. The summed E-state index contributed by atoms with van der Waals surface area (Å²) in [5.41, 5.74) is 11.1. The highest BCUT2D eigenvalue weighted by Crippen LogP contribution is 2.31. The van der Waals surface area contributed by atoms with Crippen molar-refractivity contribution in [3.63, 3.8) is 0 Å². The topological polar surface area (TPSA) is 50.9 Å². The van der Waals surface area contributed by atoms with Crippen LogP contribution in [0.25, 0.3) is 10.2 Å². The molecule has 0 aliphatic heterocycles. The highest BCUT2D eigenvalue weighted by Gasteiger charge is 2.06. The molecule has 0 spiro atoms. The largest absolute Gasteiger partial charge is 0.397 e. The first-order valence-corrected chi connectivity index (χ1v) is 7.50. The number of rotatable bonds is 3. The van der Waals surface area contributed by atoms with Gasteiger partial charge in [-0.3, -0.25) is 0 Å². The molecule has 1 aromatic heterocycles. The minimum absolute atomic E-state index is 0.751.